The summed E-state index contributed by atoms with van der Waals surface area (Å²) in [5, 5.41) is 0. The van der Waals surface area contributed by atoms with Gasteiger partial charge in [0.2, 0.25) is 0 Å². The maximum atomic E-state index is 2.57. The van der Waals surface area contributed by atoms with Gasteiger partial charge in [-0.05, 0) is 122 Å². The summed E-state index contributed by atoms with van der Waals surface area (Å²) in [6.45, 7) is 9.67. The highest BCUT2D eigenvalue weighted by molar-refractivity contribution is 5.99. The Labute approximate surface area is 278 Å². The molecule has 0 aliphatic heterocycles. The van der Waals surface area contributed by atoms with Gasteiger partial charge < -0.3 is 4.90 Å². The fourth-order valence-electron chi connectivity index (χ4n) is 8.80. The second kappa shape index (κ2) is 10.2. The largest absolute Gasteiger partial charge is 0.311 e. The van der Waals surface area contributed by atoms with Crippen LogP contribution in [-0.2, 0) is 10.8 Å². The van der Waals surface area contributed by atoms with Gasteiger partial charge in [0.25, 0.3) is 0 Å². The smallest absolute Gasteiger partial charge is 0.0462 e. The first kappa shape index (κ1) is 28.1. The van der Waals surface area contributed by atoms with Crippen LogP contribution in [0.2, 0.25) is 0 Å². The first-order valence-electron chi connectivity index (χ1n) is 17.0. The van der Waals surface area contributed by atoms with Crippen molar-refractivity contribution in [3.05, 3.63) is 185 Å². The van der Waals surface area contributed by atoms with Gasteiger partial charge in [0.15, 0.2) is 0 Å². The lowest BCUT2D eigenvalue weighted by Gasteiger charge is -2.33. The minimum Gasteiger partial charge on any atom is -0.311 e. The molecule has 0 aromatic heterocycles. The quantitative estimate of drug-likeness (QED) is 0.197. The molecule has 0 fully saturated rings. The highest BCUT2D eigenvalue weighted by Crippen LogP contribution is 2.60. The van der Waals surface area contributed by atoms with E-state index in [9.17, 15) is 0 Å². The molecule has 0 bridgehead atoms. The fourth-order valence-corrected chi connectivity index (χ4v) is 8.80. The minimum absolute atomic E-state index is 0.00958. The predicted octanol–water partition coefficient (Wildman–Crippen LogP) is 12.1. The van der Waals surface area contributed by atoms with E-state index in [0.717, 1.165) is 23.5 Å². The number of allylic oxidation sites excluding steroid dienone is 8. The van der Waals surface area contributed by atoms with Gasteiger partial charge in [0.1, 0.15) is 0 Å². The maximum Gasteiger partial charge on any atom is 0.0462 e. The van der Waals surface area contributed by atoms with Crippen molar-refractivity contribution < 1.29 is 0 Å². The Bertz CT molecular complexity index is 2150. The van der Waals surface area contributed by atoms with Crippen LogP contribution in [0, 0.1) is 5.92 Å². The van der Waals surface area contributed by atoms with Gasteiger partial charge in [0, 0.05) is 33.8 Å². The Hall–Kier alpha value is -5.14. The monoisotopic (exact) mass is 605 g/mol. The molecule has 1 atom stereocenters. The number of benzene rings is 5. The molecule has 0 spiro atoms. The maximum absolute atomic E-state index is 2.57. The van der Waals surface area contributed by atoms with Crippen LogP contribution in [0.4, 0.5) is 17.1 Å². The highest BCUT2D eigenvalue weighted by atomic mass is 15.1. The zero-order valence-corrected chi connectivity index (χ0v) is 27.6. The number of fused-ring (bicyclic) bond motifs is 7. The van der Waals surface area contributed by atoms with Crippen LogP contribution in [0.15, 0.2) is 157 Å². The van der Waals surface area contributed by atoms with Crippen LogP contribution in [0.1, 0.15) is 61.9 Å². The first-order valence-corrected chi connectivity index (χ1v) is 17.0. The van der Waals surface area contributed by atoms with E-state index in [1.165, 1.54) is 61.2 Å². The number of para-hydroxylation sites is 2. The number of hydrogen-bond donors (Lipinski definition) is 0. The van der Waals surface area contributed by atoms with Gasteiger partial charge >= 0.3 is 0 Å². The van der Waals surface area contributed by atoms with Crippen LogP contribution in [0.3, 0.4) is 0 Å². The minimum atomic E-state index is -0.0866. The van der Waals surface area contributed by atoms with Crippen molar-refractivity contribution in [1.82, 2.24) is 0 Å². The van der Waals surface area contributed by atoms with Crippen LogP contribution in [0.5, 0.6) is 0 Å². The molecule has 5 aromatic rings. The number of rotatable bonds is 4. The van der Waals surface area contributed by atoms with E-state index in [4.69, 9.17) is 0 Å². The lowest BCUT2D eigenvalue weighted by Crippen LogP contribution is -2.20. The Morgan fingerprint density at radius 1 is 0.574 bits per heavy atom. The summed E-state index contributed by atoms with van der Waals surface area (Å²) in [5.41, 5.74) is 19.1. The topological polar surface area (TPSA) is 3.24 Å². The van der Waals surface area contributed by atoms with Crippen molar-refractivity contribution in [2.45, 2.75) is 44.9 Å². The van der Waals surface area contributed by atoms with Crippen LogP contribution in [-0.4, -0.2) is 0 Å². The summed E-state index contributed by atoms with van der Waals surface area (Å²) >= 11 is 0. The summed E-state index contributed by atoms with van der Waals surface area (Å²) in [7, 11) is 0. The van der Waals surface area contributed by atoms with E-state index in [1.807, 2.05) is 0 Å². The molecule has 0 saturated carbocycles. The Morgan fingerprint density at radius 3 is 1.87 bits per heavy atom. The molecular weight excluding hydrogens is 567 g/mol. The van der Waals surface area contributed by atoms with Crippen molar-refractivity contribution in [3.8, 4) is 11.1 Å². The molecule has 0 heterocycles. The van der Waals surface area contributed by atoms with Crippen LogP contribution in [0.25, 0.3) is 22.3 Å². The lowest BCUT2D eigenvalue weighted by molar-refractivity contribution is 0.644. The third kappa shape index (κ3) is 4.09. The van der Waals surface area contributed by atoms with E-state index < -0.39 is 0 Å². The standard InChI is InChI=1S/C46H39N/c1-45(2)40-22-14-13-20-35(40)38-28-42-39(29-41(38)45)44-36-21-12-11-19-34(36)37(27-43(44)46(42,3)4)30-23-25-33(26-24-30)47(31-15-7-5-8-16-31)32-17-9-6-10-18-32/h5-20,22-29,36H,21H2,1-4H3. The molecular formula is C46H39N. The summed E-state index contributed by atoms with van der Waals surface area (Å²) in [5.74, 6) is 0.352. The van der Waals surface area contributed by atoms with Gasteiger partial charge in [-0.1, -0.05) is 119 Å². The predicted molar refractivity (Wildman–Crippen MR) is 198 cm³/mol. The zero-order valence-electron chi connectivity index (χ0n) is 27.6. The third-order valence-electron chi connectivity index (χ3n) is 11.2. The van der Waals surface area contributed by atoms with Gasteiger partial charge in [0.05, 0.1) is 0 Å². The van der Waals surface area contributed by atoms with Crippen molar-refractivity contribution in [2.75, 3.05) is 4.90 Å². The summed E-state index contributed by atoms with van der Waals surface area (Å²) in [6, 6.07) is 44.6. The molecule has 9 rings (SSSR count). The normalized spacial score (nSPS) is 19.2. The van der Waals surface area contributed by atoms with E-state index in [-0.39, 0.29) is 10.8 Å². The van der Waals surface area contributed by atoms with Gasteiger partial charge in [-0.15, -0.1) is 0 Å². The molecule has 0 amide bonds. The van der Waals surface area contributed by atoms with E-state index >= 15 is 0 Å². The molecule has 5 aromatic carbocycles. The van der Waals surface area contributed by atoms with Gasteiger partial charge in [-0.25, -0.2) is 0 Å². The molecule has 0 N–H and O–H groups in total. The summed E-state index contributed by atoms with van der Waals surface area (Å²) < 4.78 is 0. The highest BCUT2D eigenvalue weighted by Gasteiger charge is 2.46. The molecule has 1 heteroatoms. The second-order valence-corrected chi connectivity index (χ2v) is 14.5. The van der Waals surface area contributed by atoms with E-state index in [1.54, 1.807) is 0 Å². The van der Waals surface area contributed by atoms with Crippen molar-refractivity contribution in [1.29, 1.82) is 0 Å². The molecule has 1 unspecified atom stereocenters. The SMILES string of the molecule is CC1(C)C2=C(c3cc4c(cc31)-c1ccccc1C4(C)C)C1CC=CC=C1C(c1ccc(N(c3ccccc3)c3ccccc3)cc1)=C2. The van der Waals surface area contributed by atoms with E-state index in [2.05, 4.69) is 178 Å². The number of nitrogens with zero attached hydrogens (tertiary/aromatic N) is 1. The summed E-state index contributed by atoms with van der Waals surface area (Å²) in [6.07, 6.45) is 10.6. The Balaban J connectivity index is 1.17. The molecule has 4 aliphatic rings. The Kier molecular flexibility index (Phi) is 6.09. The van der Waals surface area contributed by atoms with Gasteiger partial charge in [-0.3, -0.25) is 0 Å². The molecule has 0 saturated heterocycles. The number of anilines is 3. The van der Waals surface area contributed by atoms with Gasteiger partial charge in [-0.2, -0.15) is 0 Å². The number of hydrogen-bond acceptors (Lipinski definition) is 1. The molecule has 0 radical (unpaired) electrons. The van der Waals surface area contributed by atoms with Crippen molar-refractivity contribution in [2.24, 2.45) is 5.92 Å². The van der Waals surface area contributed by atoms with Crippen molar-refractivity contribution >= 4 is 28.2 Å². The molecule has 47 heavy (non-hydrogen) atoms. The molecule has 1 nitrogen and oxygen atoms in total. The Morgan fingerprint density at radius 2 is 1.17 bits per heavy atom. The van der Waals surface area contributed by atoms with E-state index in [0.29, 0.717) is 5.92 Å². The van der Waals surface area contributed by atoms with Crippen LogP contribution < -0.4 is 4.90 Å². The first-order chi connectivity index (χ1) is 22.8. The molecule has 4 aliphatic carbocycles. The van der Waals surface area contributed by atoms with Crippen molar-refractivity contribution in [3.63, 3.8) is 0 Å². The lowest BCUT2D eigenvalue weighted by atomic mass is 9.70. The van der Waals surface area contributed by atoms with Crippen LogP contribution >= 0.6 is 0 Å². The average Bonchev–Trinajstić information content (AvgIpc) is 3.47. The second-order valence-electron chi connectivity index (χ2n) is 14.5. The fraction of sp³-hybridized carbons (Fsp3) is 0.174. The third-order valence-corrected chi connectivity index (χ3v) is 11.2. The average molecular weight is 606 g/mol. The zero-order chi connectivity index (χ0) is 31.9. The summed E-state index contributed by atoms with van der Waals surface area (Å²) in [4.78, 5) is 2.33. The molecule has 228 valence electrons.